The van der Waals surface area contributed by atoms with Crippen LogP contribution in [0.3, 0.4) is 0 Å². The largest absolute Gasteiger partial charge is 0.472 e. The highest BCUT2D eigenvalue weighted by Gasteiger charge is 2.26. The van der Waals surface area contributed by atoms with Gasteiger partial charge in [-0.05, 0) is 77.0 Å². The average molecular weight is 824 g/mol. The summed E-state index contributed by atoms with van der Waals surface area (Å²) in [6.07, 6.45) is 49.9. The van der Waals surface area contributed by atoms with Crippen LogP contribution in [0.15, 0.2) is 48.6 Å². The number of carbonyl (C=O) groups excluding carboxylic acids is 2. The fourth-order valence-electron chi connectivity index (χ4n) is 6.22. The second kappa shape index (κ2) is 43.5. The van der Waals surface area contributed by atoms with Gasteiger partial charge >= 0.3 is 19.8 Å². The molecule has 10 heteroatoms. The molecule has 0 aromatic heterocycles. The van der Waals surface area contributed by atoms with Gasteiger partial charge in [0, 0.05) is 19.4 Å². The molecule has 0 amide bonds. The van der Waals surface area contributed by atoms with Crippen molar-refractivity contribution in [1.29, 1.82) is 0 Å². The van der Waals surface area contributed by atoms with Crippen molar-refractivity contribution in [3.05, 3.63) is 48.6 Å². The minimum absolute atomic E-state index is 0.0487. The lowest BCUT2D eigenvalue weighted by Crippen LogP contribution is -2.29. The van der Waals surface area contributed by atoms with E-state index in [1.807, 2.05) is 0 Å². The van der Waals surface area contributed by atoms with E-state index in [0.29, 0.717) is 12.8 Å². The topological polar surface area (TPSA) is 134 Å². The van der Waals surface area contributed by atoms with Gasteiger partial charge in [0.2, 0.25) is 0 Å². The van der Waals surface area contributed by atoms with Crippen LogP contribution in [0.25, 0.3) is 0 Å². The minimum Gasteiger partial charge on any atom is -0.462 e. The number of hydrogen-bond acceptors (Lipinski definition) is 8. The molecule has 2 atom stereocenters. The zero-order valence-electron chi connectivity index (χ0n) is 36.6. The second-order valence-electron chi connectivity index (χ2n) is 15.3. The monoisotopic (exact) mass is 824 g/mol. The highest BCUT2D eigenvalue weighted by molar-refractivity contribution is 7.47. The molecule has 57 heavy (non-hydrogen) atoms. The van der Waals surface area contributed by atoms with Crippen molar-refractivity contribution in [3.8, 4) is 0 Å². The molecule has 0 aliphatic carbocycles. The van der Waals surface area contributed by atoms with Crippen LogP contribution < -0.4 is 5.73 Å². The highest BCUT2D eigenvalue weighted by Crippen LogP contribution is 2.43. The molecule has 9 nitrogen and oxygen atoms in total. The number of ether oxygens (including phenoxy) is 2. The maximum Gasteiger partial charge on any atom is 0.472 e. The summed E-state index contributed by atoms with van der Waals surface area (Å²) < 4.78 is 32.8. The SMILES string of the molecule is CCCCC/C=C\C/C=C\C/C=C\CCCCCCC(=O)OC[C@H](COP(=O)(O)OCCN)OC(=O)CCCCCCCCCCC/C=C\CCCCCCCC. The Morgan fingerprint density at radius 2 is 0.912 bits per heavy atom. The summed E-state index contributed by atoms with van der Waals surface area (Å²) in [6, 6.07) is 0. The van der Waals surface area contributed by atoms with Crippen molar-refractivity contribution in [2.24, 2.45) is 5.73 Å². The Morgan fingerprint density at radius 1 is 0.526 bits per heavy atom. The van der Waals surface area contributed by atoms with Gasteiger partial charge in [0.15, 0.2) is 6.10 Å². The summed E-state index contributed by atoms with van der Waals surface area (Å²) in [5, 5.41) is 0. The molecule has 0 aliphatic rings. The van der Waals surface area contributed by atoms with E-state index in [2.05, 4.69) is 62.5 Å². The van der Waals surface area contributed by atoms with Gasteiger partial charge in [-0.2, -0.15) is 0 Å². The lowest BCUT2D eigenvalue weighted by atomic mass is 10.1. The van der Waals surface area contributed by atoms with Crippen LogP contribution in [0, 0.1) is 0 Å². The maximum absolute atomic E-state index is 12.6. The van der Waals surface area contributed by atoms with E-state index < -0.39 is 32.5 Å². The van der Waals surface area contributed by atoms with Gasteiger partial charge < -0.3 is 20.1 Å². The Labute approximate surface area is 349 Å². The summed E-state index contributed by atoms with van der Waals surface area (Å²) in [4.78, 5) is 34.9. The summed E-state index contributed by atoms with van der Waals surface area (Å²) in [5.41, 5.74) is 5.35. The van der Waals surface area contributed by atoms with E-state index in [0.717, 1.165) is 57.8 Å². The van der Waals surface area contributed by atoms with Gasteiger partial charge in [-0.1, -0.05) is 165 Å². The zero-order chi connectivity index (χ0) is 41.8. The molecule has 0 saturated carbocycles. The van der Waals surface area contributed by atoms with Gasteiger partial charge in [-0.3, -0.25) is 18.6 Å². The van der Waals surface area contributed by atoms with Crippen LogP contribution in [0.5, 0.6) is 0 Å². The van der Waals surface area contributed by atoms with E-state index in [1.165, 1.54) is 109 Å². The number of phosphoric acid groups is 1. The number of nitrogens with two attached hydrogens (primary N) is 1. The molecule has 332 valence electrons. The van der Waals surface area contributed by atoms with Crippen molar-refractivity contribution in [2.75, 3.05) is 26.4 Å². The van der Waals surface area contributed by atoms with E-state index in [4.69, 9.17) is 24.3 Å². The van der Waals surface area contributed by atoms with Gasteiger partial charge in [-0.15, -0.1) is 0 Å². The third-order valence-electron chi connectivity index (χ3n) is 9.69. The van der Waals surface area contributed by atoms with Crippen LogP contribution in [0.2, 0.25) is 0 Å². The van der Waals surface area contributed by atoms with E-state index >= 15 is 0 Å². The first-order valence-corrected chi connectivity index (χ1v) is 24.6. The van der Waals surface area contributed by atoms with E-state index in [-0.39, 0.29) is 32.6 Å². The molecule has 3 N–H and O–H groups in total. The molecule has 0 radical (unpaired) electrons. The van der Waals surface area contributed by atoms with Crippen LogP contribution >= 0.6 is 7.82 Å². The fraction of sp³-hybridized carbons (Fsp3) is 0.787. The first kappa shape index (κ1) is 55.0. The lowest BCUT2D eigenvalue weighted by molar-refractivity contribution is -0.161. The molecule has 0 spiro atoms. The van der Waals surface area contributed by atoms with E-state index in [9.17, 15) is 19.0 Å². The standard InChI is InChI=1S/C47H86NO8P/c1-3-5-7-9-11-13-15-17-19-21-22-24-26-28-30-32-34-36-38-40-47(50)56-45(44-55-57(51,52)54-42-41-48)43-53-46(49)39-37-35-33-31-29-27-25-23-20-18-16-14-12-10-8-6-4-2/h12,14,17-20,25,27,45H,3-11,13,15-16,21-24,26,28-44,48H2,1-2H3,(H,51,52)/b14-12-,19-17-,20-18-,27-25-/t45-/m1/s1. The number of rotatable bonds is 43. The number of carbonyl (C=O) groups is 2. The maximum atomic E-state index is 12.6. The van der Waals surface area contributed by atoms with Crippen molar-refractivity contribution < 1.29 is 37.6 Å². The Kier molecular flexibility index (Phi) is 42.0. The average Bonchev–Trinajstić information content (AvgIpc) is 3.20. The summed E-state index contributed by atoms with van der Waals surface area (Å²) >= 11 is 0. The Bertz CT molecular complexity index is 1080. The fourth-order valence-corrected chi connectivity index (χ4v) is 6.99. The first-order valence-electron chi connectivity index (χ1n) is 23.1. The van der Waals surface area contributed by atoms with Crippen molar-refractivity contribution in [3.63, 3.8) is 0 Å². The second-order valence-corrected chi connectivity index (χ2v) is 16.7. The number of hydrogen-bond donors (Lipinski definition) is 2. The van der Waals surface area contributed by atoms with Gasteiger partial charge in [0.1, 0.15) is 6.61 Å². The van der Waals surface area contributed by atoms with Crippen molar-refractivity contribution >= 4 is 19.8 Å². The predicted octanol–water partition coefficient (Wildman–Crippen LogP) is 13.5. The molecule has 0 aromatic rings. The molecule has 1 unspecified atom stereocenters. The van der Waals surface area contributed by atoms with Gasteiger partial charge in [-0.25, -0.2) is 4.57 Å². The van der Waals surface area contributed by atoms with Crippen LogP contribution in [-0.2, 0) is 32.7 Å². The molecule has 0 heterocycles. The Morgan fingerprint density at radius 3 is 1.40 bits per heavy atom. The smallest absolute Gasteiger partial charge is 0.462 e. The number of unbranched alkanes of at least 4 members (excludes halogenated alkanes) is 22. The normalized spacial score (nSPS) is 13.7. The van der Waals surface area contributed by atoms with Crippen LogP contribution in [-0.4, -0.2) is 49.3 Å². The third-order valence-corrected chi connectivity index (χ3v) is 10.7. The molecule has 0 bridgehead atoms. The molecule has 0 aliphatic heterocycles. The molecule has 0 aromatic carbocycles. The number of esters is 2. The summed E-state index contributed by atoms with van der Waals surface area (Å²) in [6.45, 7) is 3.68. The third kappa shape index (κ3) is 43.4. The predicted molar refractivity (Wildman–Crippen MR) is 238 cm³/mol. The zero-order valence-corrected chi connectivity index (χ0v) is 37.5. The van der Waals surface area contributed by atoms with Crippen molar-refractivity contribution in [2.45, 2.75) is 213 Å². The lowest BCUT2D eigenvalue weighted by Gasteiger charge is -2.19. The molecule has 0 fully saturated rings. The molecular formula is C47H86NO8P. The minimum atomic E-state index is -4.38. The Balaban J connectivity index is 4.15. The van der Waals surface area contributed by atoms with Gasteiger partial charge in [0.05, 0.1) is 13.2 Å². The highest BCUT2D eigenvalue weighted by atomic mass is 31.2. The first-order chi connectivity index (χ1) is 27.8. The van der Waals surface area contributed by atoms with Crippen molar-refractivity contribution in [1.82, 2.24) is 0 Å². The number of allylic oxidation sites excluding steroid dienone is 8. The molecule has 0 rings (SSSR count). The number of phosphoric ester groups is 1. The van der Waals surface area contributed by atoms with E-state index in [1.54, 1.807) is 0 Å². The molecular weight excluding hydrogens is 737 g/mol. The summed E-state index contributed by atoms with van der Waals surface area (Å²) in [5.74, 6) is -0.854. The molecule has 0 saturated heterocycles. The van der Waals surface area contributed by atoms with Crippen LogP contribution in [0.1, 0.15) is 206 Å². The quantitative estimate of drug-likeness (QED) is 0.0267. The van der Waals surface area contributed by atoms with Gasteiger partial charge in [0.25, 0.3) is 0 Å². The Hall–Kier alpha value is -2.03. The summed E-state index contributed by atoms with van der Waals surface area (Å²) in [7, 11) is -4.38. The van der Waals surface area contributed by atoms with Crippen LogP contribution in [0.4, 0.5) is 0 Å².